The Morgan fingerprint density at radius 2 is 2.00 bits per heavy atom. The van der Waals surface area contributed by atoms with Crippen molar-refractivity contribution in [3.05, 3.63) is 17.7 Å². The highest BCUT2D eigenvalue weighted by molar-refractivity contribution is 7.89. The van der Waals surface area contributed by atoms with Crippen LogP contribution >= 0.6 is 0 Å². The van der Waals surface area contributed by atoms with E-state index in [1.807, 2.05) is 0 Å². The lowest BCUT2D eigenvalue weighted by Crippen LogP contribution is -2.40. The van der Waals surface area contributed by atoms with E-state index in [-0.39, 0.29) is 18.2 Å². The quantitative estimate of drug-likeness (QED) is 0.893. The zero-order valence-electron chi connectivity index (χ0n) is 11.4. The van der Waals surface area contributed by atoms with Crippen LogP contribution in [0.5, 0.6) is 11.5 Å². The lowest BCUT2D eigenvalue weighted by molar-refractivity contribution is -0.140. The Morgan fingerprint density at radius 3 is 2.67 bits per heavy atom. The van der Waals surface area contributed by atoms with Crippen molar-refractivity contribution in [2.24, 2.45) is 0 Å². The van der Waals surface area contributed by atoms with E-state index in [9.17, 15) is 13.2 Å². The maximum absolute atomic E-state index is 12.7. The van der Waals surface area contributed by atoms with Crippen molar-refractivity contribution < 1.29 is 27.8 Å². The Balaban J connectivity index is 2.05. The zero-order valence-corrected chi connectivity index (χ0v) is 12.2. The number of carboxylic acid groups (broad SMARTS) is 1. The third kappa shape index (κ3) is 2.24. The predicted molar refractivity (Wildman–Crippen MR) is 71.9 cm³/mol. The summed E-state index contributed by atoms with van der Waals surface area (Å²) in [7, 11) is -3.87. The summed E-state index contributed by atoms with van der Waals surface area (Å²) in [6.45, 7) is 1.92. The smallest absolute Gasteiger partial charge is 0.322 e. The van der Waals surface area contributed by atoms with Gasteiger partial charge in [0, 0.05) is 12.6 Å². The summed E-state index contributed by atoms with van der Waals surface area (Å²) in [6, 6.07) is 2.01. The summed E-state index contributed by atoms with van der Waals surface area (Å²) < 4.78 is 36.9. The van der Waals surface area contributed by atoms with Gasteiger partial charge in [-0.25, -0.2) is 8.42 Å². The Bertz CT molecular complexity index is 699. The van der Waals surface area contributed by atoms with E-state index in [1.165, 1.54) is 6.07 Å². The van der Waals surface area contributed by atoms with Crippen molar-refractivity contribution in [2.45, 2.75) is 30.7 Å². The predicted octanol–water partition coefficient (Wildman–Crippen LogP) is 0.961. The lowest BCUT2D eigenvalue weighted by atomic mass is 10.2. The number of carboxylic acids is 1. The zero-order chi connectivity index (χ0) is 15.2. The van der Waals surface area contributed by atoms with Gasteiger partial charge in [-0.3, -0.25) is 4.79 Å². The maximum Gasteiger partial charge on any atom is 0.322 e. The van der Waals surface area contributed by atoms with Gasteiger partial charge in [-0.15, -0.1) is 0 Å². The third-order valence-corrected chi connectivity index (χ3v) is 5.80. The number of sulfonamides is 1. The first kappa shape index (κ1) is 14.2. The number of aryl methyl sites for hydroxylation is 1. The SMILES string of the molecule is Cc1cc2c(cc1S(=O)(=O)N1CCCC1C(=O)O)OCO2. The fraction of sp³-hybridized carbons (Fsp3) is 0.462. The van der Waals surface area contributed by atoms with Crippen LogP contribution < -0.4 is 9.47 Å². The molecule has 1 saturated heterocycles. The van der Waals surface area contributed by atoms with Gasteiger partial charge in [-0.1, -0.05) is 0 Å². The summed E-state index contributed by atoms with van der Waals surface area (Å²) in [5.74, 6) is -0.248. The molecule has 1 fully saturated rings. The highest BCUT2D eigenvalue weighted by atomic mass is 32.2. The van der Waals surface area contributed by atoms with Crippen LogP contribution in [0, 0.1) is 6.92 Å². The molecule has 114 valence electrons. The van der Waals surface area contributed by atoms with Crippen molar-refractivity contribution in [1.29, 1.82) is 0 Å². The van der Waals surface area contributed by atoms with Crippen LogP contribution in [0.25, 0.3) is 0 Å². The summed E-state index contributed by atoms with van der Waals surface area (Å²) in [6.07, 6.45) is 0.873. The van der Waals surface area contributed by atoms with E-state index < -0.39 is 22.0 Å². The topological polar surface area (TPSA) is 93.1 Å². The summed E-state index contributed by atoms with van der Waals surface area (Å²) in [5.41, 5.74) is 0.510. The van der Waals surface area contributed by atoms with Crippen LogP contribution in [0.15, 0.2) is 17.0 Å². The number of hydrogen-bond acceptors (Lipinski definition) is 5. The minimum atomic E-state index is -3.87. The monoisotopic (exact) mass is 313 g/mol. The number of aliphatic carboxylic acids is 1. The molecule has 21 heavy (non-hydrogen) atoms. The normalized spacial score (nSPS) is 21.7. The van der Waals surface area contributed by atoms with Crippen LogP contribution in [0.4, 0.5) is 0 Å². The first-order valence-corrected chi connectivity index (χ1v) is 8.00. The Morgan fingerprint density at radius 1 is 1.33 bits per heavy atom. The minimum Gasteiger partial charge on any atom is -0.480 e. The molecule has 1 aromatic carbocycles. The van der Waals surface area contributed by atoms with Gasteiger partial charge in [-0.2, -0.15) is 4.31 Å². The van der Waals surface area contributed by atoms with E-state index in [2.05, 4.69) is 0 Å². The standard InChI is InChI=1S/C13H15NO6S/c1-8-5-10-11(20-7-19-10)6-12(8)21(17,18)14-4-2-3-9(14)13(15)16/h5-6,9H,2-4,7H2,1H3,(H,15,16). The van der Waals surface area contributed by atoms with Gasteiger partial charge in [0.25, 0.3) is 0 Å². The molecular formula is C13H15NO6S. The van der Waals surface area contributed by atoms with Gasteiger partial charge in [0.1, 0.15) is 6.04 Å². The van der Waals surface area contributed by atoms with E-state index in [0.717, 1.165) is 4.31 Å². The Labute approximate surface area is 122 Å². The molecule has 2 aliphatic heterocycles. The third-order valence-electron chi connectivity index (χ3n) is 3.75. The molecule has 8 heteroatoms. The molecule has 0 bridgehead atoms. The van der Waals surface area contributed by atoms with E-state index in [1.54, 1.807) is 13.0 Å². The molecule has 0 aliphatic carbocycles. The molecule has 0 amide bonds. The van der Waals surface area contributed by atoms with Crippen molar-refractivity contribution in [1.82, 2.24) is 4.31 Å². The molecule has 2 aliphatic rings. The van der Waals surface area contributed by atoms with Crippen LogP contribution in [-0.4, -0.2) is 43.2 Å². The first-order chi connectivity index (χ1) is 9.91. The molecular weight excluding hydrogens is 298 g/mol. The van der Waals surface area contributed by atoms with E-state index in [0.29, 0.717) is 29.9 Å². The lowest BCUT2D eigenvalue weighted by Gasteiger charge is -2.22. The number of benzene rings is 1. The second kappa shape index (κ2) is 4.88. The molecule has 0 radical (unpaired) electrons. The number of ether oxygens (including phenoxy) is 2. The minimum absolute atomic E-state index is 0.0553. The van der Waals surface area contributed by atoms with Crippen molar-refractivity contribution >= 4 is 16.0 Å². The van der Waals surface area contributed by atoms with Crippen LogP contribution in [0.1, 0.15) is 18.4 Å². The number of nitrogens with zero attached hydrogens (tertiary/aromatic N) is 1. The number of rotatable bonds is 3. The Kier molecular flexibility index (Phi) is 3.29. The molecule has 1 N–H and O–H groups in total. The van der Waals surface area contributed by atoms with Crippen LogP contribution in [0.3, 0.4) is 0 Å². The van der Waals surface area contributed by atoms with Gasteiger partial charge in [0.05, 0.1) is 4.90 Å². The van der Waals surface area contributed by atoms with Gasteiger partial charge in [0.15, 0.2) is 11.5 Å². The average molecular weight is 313 g/mol. The van der Waals surface area contributed by atoms with Crippen LogP contribution in [0.2, 0.25) is 0 Å². The number of hydrogen-bond donors (Lipinski definition) is 1. The van der Waals surface area contributed by atoms with E-state index in [4.69, 9.17) is 14.6 Å². The Hall–Kier alpha value is -1.80. The van der Waals surface area contributed by atoms with E-state index >= 15 is 0 Å². The molecule has 1 atom stereocenters. The first-order valence-electron chi connectivity index (χ1n) is 6.56. The highest BCUT2D eigenvalue weighted by Crippen LogP contribution is 2.38. The average Bonchev–Trinajstić information content (AvgIpc) is 3.05. The molecule has 2 heterocycles. The molecule has 7 nitrogen and oxygen atoms in total. The molecule has 0 saturated carbocycles. The van der Waals surface area contributed by atoms with Gasteiger partial charge < -0.3 is 14.6 Å². The molecule has 1 aromatic rings. The number of fused-ring (bicyclic) bond motifs is 1. The fourth-order valence-corrected chi connectivity index (χ4v) is 4.58. The second-order valence-corrected chi connectivity index (χ2v) is 6.94. The fourth-order valence-electron chi connectivity index (χ4n) is 2.70. The van der Waals surface area contributed by atoms with Crippen molar-refractivity contribution in [3.8, 4) is 11.5 Å². The van der Waals surface area contributed by atoms with Crippen LogP contribution in [-0.2, 0) is 14.8 Å². The molecule has 0 spiro atoms. The van der Waals surface area contributed by atoms with Gasteiger partial charge >= 0.3 is 5.97 Å². The summed E-state index contributed by atoms with van der Waals surface area (Å²) in [4.78, 5) is 11.3. The van der Waals surface area contributed by atoms with Gasteiger partial charge in [-0.05, 0) is 31.4 Å². The maximum atomic E-state index is 12.7. The summed E-state index contributed by atoms with van der Waals surface area (Å²) >= 11 is 0. The summed E-state index contributed by atoms with van der Waals surface area (Å²) in [5, 5.41) is 9.17. The largest absolute Gasteiger partial charge is 0.480 e. The second-order valence-electron chi connectivity index (χ2n) is 5.08. The van der Waals surface area contributed by atoms with Crippen molar-refractivity contribution in [3.63, 3.8) is 0 Å². The number of carbonyl (C=O) groups is 1. The molecule has 0 aromatic heterocycles. The van der Waals surface area contributed by atoms with Crippen molar-refractivity contribution in [2.75, 3.05) is 13.3 Å². The molecule has 1 unspecified atom stereocenters. The van der Waals surface area contributed by atoms with Gasteiger partial charge in [0.2, 0.25) is 16.8 Å². The highest BCUT2D eigenvalue weighted by Gasteiger charge is 2.40. The molecule has 3 rings (SSSR count).